The first-order valence-corrected chi connectivity index (χ1v) is 9.06. The highest BCUT2D eigenvalue weighted by Gasteiger charge is 2.35. The number of halogens is 3. The Balaban J connectivity index is 2.44. The molecule has 146 valence electrons. The van der Waals surface area contributed by atoms with Gasteiger partial charge in [0.15, 0.2) is 0 Å². The summed E-state index contributed by atoms with van der Waals surface area (Å²) in [5.41, 5.74) is -1.73. The maximum absolute atomic E-state index is 13.4. The van der Waals surface area contributed by atoms with Gasteiger partial charge in [0, 0.05) is 18.8 Å². The van der Waals surface area contributed by atoms with Crippen LogP contribution in [0.25, 0.3) is 0 Å². The van der Waals surface area contributed by atoms with E-state index in [2.05, 4.69) is 22.4 Å². The molecule has 2 rings (SSSR count). The lowest BCUT2D eigenvalue weighted by molar-refractivity contribution is -0.138. The Labute approximate surface area is 156 Å². The molecular formula is C17H24F3N3O2S. The number of carbonyl (C=O) groups excluding carboxylic acids is 1. The monoisotopic (exact) mass is 391 g/mol. The van der Waals surface area contributed by atoms with Crippen LogP contribution in [0.4, 0.5) is 13.2 Å². The number of aromatic nitrogens is 1. The average Bonchev–Trinajstić information content (AvgIpc) is 2.50. The van der Waals surface area contributed by atoms with Gasteiger partial charge < -0.3 is 14.2 Å². The van der Waals surface area contributed by atoms with Crippen LogP contribution >= 0.6 is 12.8 Å². The minimum atomic E-state index is -4.61. The first-order chi connectivity index (χ1) is 12.1. The molecule has 1 atom stereocenters. The minimum Gasteiger partial charge on any atom is -0.303 e. The van der Waals surface area contributed by atoms with E-state index < -0.39 is 29.2 Å². The summed E-state index contributed by atoms with van der Waals surface area (Å²) in [6.45, 7) is 5.99. The summed E-state index contributed by atoms with van der Waals surface area (Å²) in [6, 6.07) is -0.296. The highest BCUT2D eigenvalue weighted by atomic mass is 32.1. The average molecular weight is 391 g/mol. The van der Waals surface area contributed by atoms with E-state index in [4.69, 9.17) is 0 Å². The highest BCUT2D eigenvalue weighted by molar-refractivity contribution is 7.78. The molecule has 26 heavy (non-hydrogen) atoms. The SMILES string of the molecule is CC(C)CC(C(=O)NS)n1cc(CCN2CCC2)c(C(F)(F)F)cc1=O. The van der Waals surface area contributed by atoms with Gasteiger partial charge in [-0.25, -0.2) is 0 Å². The van der Waals surface area contributed by atoms with Gasteiger partial charge in [-0.05, 0) is 43.8 Å². The van der Waals surface area contributed by atoms with E-state index >= 15 is 0 Å². The van der Waals surface area contributed by atoms with E-state index in [-0.39, 0.29) is 17.9 Å². The quantitative estimate of drug-likeness (QED) is 0.703. The predicted octanol–water partition coefficient (Wildman–Crippen LogP) is 2.66. The van der Waals surface area contributed by atoms with E-state index in [1.807, 2.05) is 13.8 Å². The summed E-state index contributed by atoms with van der Waals surface area (Å²) in [4.78, 5) is 26.5. The van der Waals surface area contributed by atoms with Gasteiger partial charge in [0.1, 0.15) is 6.04 Å². The van der Waals surface area contributed by atoms with Gasteiger partial charge >= 0.3 is 6.18 Å². The second-order valence-corrected chi connectivity index (χ2v) is 7.25. The smallest absolute Gasteiger partial charge is 0.303 e. The van der Waals surface area contributed by atoms with E-state index in [1.54, 1.807) is 0 Å². The lowest BCUT2D eigenvalue weighted by Crippen LogP contribution is -2.39. The van der Waals surface area contributed by atoms with Crippen molar-refractivity contribution in [3.8, 4) is 0 Å². The molecule has 1 aromatic heterocycles. The lowest BCUT2D eigenvalue weighted by atomic mass is 10.0. The van der Waals surface area contributed by atoms with Gasteiger partial charge in [0.25, 0.3) is 11.5 Å². The molecule has 1 aliphatic rings. The molecule has 0 saturated carbocycles. The van der Waals surface area contributed by atoms with E-state index in [1.165, 1.54) is 6.20 Å². The summed E-state index contributed by atoms with van der Waals surface area (Å²) in [7, 11) is 0. The van der Waals surface area contributed by atoms with E-state index in [0.717, 1.165) is 24.1 Å². The van der Waals surface area contributed by atoms with Crippen LogP contribution in [0.15, 0.2) is 17.1 Å². The maximum Gasteiger partial charge on any atom is 0.416 e. The number of thiol groups is 1. The summed E-state index contributed by atoms with van der Waals surface area (Å²) >= 11 is 3.74. The molecule has 2 heterocycles. The van der Waals surface area contributed by atoms with Crippen molar-refractivity contribution in [3.05, 3.63) is 33.7 Å². The second kappa shape index (κ2) is 8.47. The lowest BCUT2D eigenvalue weighted by Gasteiger charge is -2.31. The number of nitrogens with zero attached hydrogens (tertiary/aromatic N) is 2. The highest BCUT2D eigenvalue weighted by Crippen LogP contribution is 2.32. The Kier molecular flexibility index (Phi) is 6.79. The molecule has 1 amide bonds. The van der Waals surface area contributed by atoms with Gasteiger partial charge in [-0.2, -0.15) is 13.2 Å². The first-order valence-electron chi connectivity index (χ1n) is 8.62. The van der Waals surface area contributed by atoms with Crippen molar-refractivity contribution in [2.75, 3.05) is 19.6 Å². The fourth-order valence-electron chi connectivity index (χ4n) is 3.05. The predicted molar refractivity (Wildman–Crippen MR) is 96.1 cm³/mol. The van der Waals surface area contributed by atoms with Crippen LogP contribution in [0.2, 0.25) is 0 Å². The maximum atomic E-state index is 13.4. The van der Waals surface area contributed by atoms with Crippen molar-refractivity contribution in [2.24, 2.45) is 5.92 Å². The summed E-state index contributed by atoms with van der Waals surface area (Å²) < 4.78 is 43.4. The van der Waals surface area contributed by atoms with Crippen LogP contribution in [-0.2, 0) is 17.4 Å². The number of pyridine rings is 1. The van der Waals surface area contributed by atoms with Crippen LogP contribution in [0.1, 0.15) is 43.9 Å². The molecular weight excluding hydrogens is 367 g/mol. The zero-order valence-electron chi connectivity index (χ0n) is 14.8. The van der Waals surface area contributed by atoms with Gasteiger partial charge in [-0.1, -0.05) is 26.7 Å². The van der Waals surface area contributed by atoms with Crippen molar-refractivity contribution in [1.82, 2.24) is 14.2 Å². The number of alkyl halides is 3. The number of likely N-dealkylation sites (tertiary alicyclic amines) is 1. The van der Waals surface area contributed by atoms with Gasteiger partial charge in [0.2, 0.25) is 0 Å². The van der Waals surface area contributed by atoms with Crippen molar-refractivity contribution < 1.29 is 18.0 Å². The molecule has 0 aliphatic carbocycles. The topological polar surface area (TPSA) is 54.3 Å². The molecule has 1 aromatic rings. The molecule has 0 aromatic carbocycles. The van der Waals surface area contributed by atoms with E-state index in [0.29, 0.717) is 19.0 Å². The zero-order chi connectivity index (χ0) is 19.5. The standard InChI is InChI=1S/C17H24F3N3O2S/c1-11(2)8-14(16(25)21-26)23-10-12(4-7-22-5-3-6-22)13(9-15(23)24)17(18,19)20/h9-11,14,26H,3-8H2,1-2H3,(H,21,25). The van der Waals surface area contributed by atoms with E-state index in [9.17, 15) is 22.8 Å². The van der Waals surface area contributed by atoms with Crippen molar-refractivity contribution in [3.63, 3.8) is 0 Å². The number of nitrogens with one attached hydrogen (secondary N) is 1. The van der Waals surface area contributed by atoms with Gasteiger partial charge in [-0.15, -0.1) is 0 Å². The Bertz CT molecular complexity index is 699. The molecule has 0 spiro atoms. The molecule has 1 N–H and O–H groups in total. The molecule has 1 aliphatic heterocycles. The molecule has 0 bridgehead atoms. The Hall–Kier alpha value is -1.48. The number of hydrogen-bond acceptors (Lipinski definition) is 4. The second-order valence-electron chi connectivity index (χ2n) is 7.02. The number of carbonyl (C=O) groups is 1. The largest absolute Gasteiger partial charge is 0.416 e. The molecule has 1 fully saturated rings. The molecule has 0 radical (unpaired) electrons. The fraction of sp³-hybridized carbons (Fsp3) is 0.647. The van der Waals surface area contributed by atoms with Crippen LogP contribution in [-0.4, -0.2) is 35.0 Å². The fourth-order valence-corrected chi connectivity index (χ4v) is 3.20. The van der Waals surface area contributed by atoms with Crippen molar-refractivity contribution >= 4 is 18.7 Å². The van der Waals surface area contributed by atoms with Crippen LogP contribution < -0.4 is 10.3 Å². The van der Waals surface area contributed by atoms with Crippen LogP contribution in [0.5, 0.6) is 0 Å². The first kappa shape index (κ1) is 20.8. The third-order valence-electron chi connectivity index (χ3n) is 4.56. The number of amides is 1. The molecule has 1 unspecified atom stereocenters. The Morgan fingerprint density at radius 1 is 1.35 bits per heavy atom. The third-order valence-corrected chi connectivity index (χ3v) is 4.78. The number of hydrogen-bond donors (Lipinski definition) is 2. The van der Waals surface area contributed by atoms with Crippen molar-refractivity contribution in [1.29, 1.82) is 0 Å². The normalized spacial score (nSPS) is 16.4. The summed E-state index contributed by atoms with van der Waals surface area (Å²) in [5, 5.41) is 0. The third kappa shape index (κ3) is 5.03. The summed E-state index contributed by atoms with van der Waals surface area (Å²) in [5.74, 6) is -0.443. The van der Waals surface area contributed by atoms with Crippen LogP contribution in [0.3, 0.4) is 0 Å². The molecule has 5 nitrogen and oxygen atoms in total. The minimum absolute atomic E-state index is 0.0321. The number of rotatable bonds is 7. The summed E-state index contributed by atoms with van der Waals surface area (Å²) in [6.07, 6.45) is -1.87. The Morgan fingerprint density at radius 2 is 2.00 bits per heavy atom. The van der Waals surface area contributed by atoms with Crippen LogP contribution in [0, 0.1) is 5.92 Å². The molecule has 9 heteroatoms. The zero-order valence-corrected chi connectivity index (χ0v) is 15.7. The molecule has 1 saturated heterocycles. The van der Waals surface area contributed by atoms with Gasteiger partial charge in [-0.3, -0.25) is 9.59 Å². The van der Waals surface area contributed by atoms with Gasteiger partial charge in [0.05, 0.1) is 5.56 Å². The Morgan fingerprint density at radius 3 is 2.46 bits per heavy atom. The van der Waals surface area contributed by atoms with Crippen molar-refractivity contribution in [2.45, 2.75) is 45.3 Å².